The Morgan fingerprint density at radius 2 is 2.05 bits per heavy atom. The van der Waals surface area contributed by atoms with Crippen molar-refractivity contribution in [3.05, 3.63) is 58.3 Å². The third kappa shape index (κ3) is 3.18. The SMILES string of the molecule is CCCC1COC(Cn2cccc2)(c2ccc(Cl)cc2Cl)O1. The monoisotopic (exact) mass is 339 g/mol. The summed E-state index contributed by atoms with van der Waals surface area (Å²) in [6.45, 7) is 3.28. The van der Waals surface area contributed by atoms with Crippen LogP contribution in [0.2, 0.25) is 10.0 Å². The van der Waals surface area contributed by atoms with Gasteiger partial charge >= 0.3 is 0 Å². The minimum absolute atomic E-state index is 0.0901. The molecule has 1 aromatic heterocycles. The van der Waals surface area contributed by atoms with Gasteiger partial charge in [-0.05, 0) is 30.7 Å². The first kappa shape index (κ1) is 15.9. The average Bonchev–Trinajstić information content (AvgIpc) is 3.10. The Kier molecular flexibility index (Phi) is 4.79. The quantitative estimate of drug-likeness (QED) is 0.776. The van der Waals surface area contributed by atoms with E-state index in [2.05, 4.69) is 6.92 Å². The maximum atomic E-state index is 6.41. The van der Waals surface area contributed by atoms with E-state index in [0.717, 1.165) is 18.4 Å². The molecule has 0 radical (unpaired) electrons. The van der Waals surface area contributed by atoms with E-state index in [1.165, 1.54) is 0 Å². The number of halogens is 2. The summed E-state index contributed by atoms with van der Waals surface area (Å²) >= 11 is 12.4. The fourth-order valence-electron chi connectivity index (χ4n) is 2.85. The minimum Gasteiger partial charge on any atom is -0.348 e. The molecule has 3 rings (SSSR count). The summed E-state index contributed by atoms with van der Waals surface area (Å²) in [5.74, 6) is -0.861. The van der Waals surface area contributed by atoms with Gasteiger partial charge in [-0.25, -0.2) is 0 Å². The van der Waals surface area contributed by atoms with E-state index >= 15 is 0 Å². The van der Waals surface area contributed by atoms with Crippen LogP contribution < -0.4 is 0 Å². The first-order chi connectivity index (χ1) is 10.6. The van der Waals surface area contributed by atoms with Crippen LogP contribution in [0.5, 0.6) is 0 Å². The topological polar surface area (TPSA) is 23.4 Å². The van der Waals surface area contributed by atoms with Crippen molar-refractivity contribution in [1.29, 1.82) is 0 Å². The van der Waals surface area contributed by atoms with Crippen LogP contribution in [0.15, 0.2) is 42.7 Å². The Morgan fingerprint density at radius 1 is 1.27 bits per heavy atom. The molecule has 2 heterocycles. The lowest BCUT2D eigenvalue weighted by Gasteiger charge is -2.30. The average molecular weight is 340 g/mol. The second kappa shape index (κ2) is 6.63. The Labute approximate surface area is 140 Å². The summed E-state index contributed by atoms with van der Waals surface area (Å²) < 4.78 is 14.5. The van der Waals surface area contributed by atoms with E-state index in [-0.39, 0.29) is 6.10 Å². The van der Waals surface area contributed by atoms with Crippen LogP contribution >= 0.6 is 23.2 Å². The van der Waals surface area contributed by atoms with Crippen molar-refractivity contribution in [2.75, 3.05) is 6.61 Å². The summed E-state index contributed by atoms with van der Waals surface area (Å²) in [7, 11) is 0. The van der Waals surface area contributed by atoms with Gasteiger partial charge in [0.2, 0.25) is 5.79 Å². The molecule has 2 atom stereocenters. The van der Waals surface area contributed by atoms with Crippen molar-refractivity contribution in [3.63, 3.8) is 0 Å². The van der Waals surface area contributed by atoms with Gasteiger partial charge in [0.05, 0.1) is 24.3 Å². The molecular weight excluding hydrogens is 321 g/mol. The molecule has 1 aliphatic heterocycles. The first-order valence-corrected chi connectivity index (χ1v) is 8.26. The molecule has 0 aliphatic carbocycles. The fourth-order valence-corrected chi connectivity index (χ4v) is 3.41. The van der Waals surface area contributed by atoms with Crippen molar-refractivity contribution >= 4 is 23.2 Å². The molecule has 22 heavy (non-hydrogen) atoms. The van der Waals surface area contributed by atoms with Crippen molar-refractivity contribution in [1.82, 2.24) is 4.57 Å². The molecule has 2 aromatic rings. The van der Waals surface area contributed by atoms with Crippen LogP contribution in [0.25, 0.3) is 0 Å². The Hall–Kier alpha value is -1.000. The van der Waals surface area contributed by atoms with Crippen LogP contribution in [0.1, 0.15) is 25.3 Å². The molecule has 0 saturated carbocycles. The molecule has 1 saturated heterocycles. The molecule has 0 N–H and O–H groups in total. The van der Waals surface area contributed by atoms with Crippen LogP contribution in [0, 0.1) is 0 Å². The standard InChI is InChI=1S/C17H19Cl2NO2/c1-2-5-14-11-21-17(22-14,12-20-8-3-4-9-20)15-7-6-13(18)10-16(15)19/h3-4,6-10,14H,2,5,11-12H2,1H3. The number of ether oxygens (including phenoxy) is 2. The first-order valence-electron chi connectivity index (χ1n) is 7.51. The maximum Gasteiger partial charge on any atom is 0.215 e. The highest BCUT2D eigenvalue weighted by Gasteiger charge is 2.44. The fraction of sp³-hybridized carbons (Fsp3) is 0.412. The van der Waals surface area contributed by atoms with E-state index in [1.807, 2.05) is 41.2 Å². The minimum atomic E-state index is -0.861. The molecule has 1 aromatic carbocycles. The van der Waals surface area contributed by atoms with E-state index in [9.17, 15) is 0 Å². The van der Waals surface area contributed by atoms with Gasteiger partial charge in [0, 0.05) is 23.0 Å². The van der Waals surface area contributed by atoms with Gasteiger partial charge in [-0.1, -0.05) is 42.6 Å². The second-order valence-corrected chi connectivity index (χ2v) is 6.42. The van der Waals surface area contributed by atoms with E-state index in [4.69, 9.17) is 32.7 Å². The van der Waals surface area contributed by atoms with Gasteiger partial charge in [0.1, 0.15) is 0 Å². The van der Waals surface area contributed by atoms with E-state index < -0.39 is 5.79 Å². The van der Waals surface area contributed by atoms with Crippen molar-refractivity contribution in [3.8, 4) is 0 Å². The third-order valence-electron chi connectivity index (χ3n) is 3.87. The smallest absolute Gasteiger partial charge is 0.215 e. The van der Waals surface area contributed by atoms with Gasteiger partial charge in [0.15, 0.2) is 0 Å². The lowest BCUT2D eigenvalue weighted by molar-refractivity contribution is -0.187. The zero-order valence-corrected chi connectivity index (χ0v) is 14.0. The van der Waals surface area contributed by atoms with Crippen molar-refractivity contribution in [2.24, 2.45) is 0 Å². The molecule has 0 amide bonds. The third-order valence-corrected chi connectivity index (χ3v) is 4.42. The van der Waals surface area contributed by atoms with Gasteiger partial charge < -0.3 is 14.0 Å². The highest BCUT2D eigenvalue weighted by molar-refractivity contribution is 6.35. The largest absolute Gasteiger partial charge is 0.348 e. The summed E-state index contributed by atoms with van der Waals surface area (Å²) in [6.07, 6.45) is 6.10. The lowest BCUT2D eigenvalue weighted by Crippen LogP contribution is -2.33. The number of hydrogen-bond donors (Lipinski definition) is 0. The lowest BCUT2D eigenvalue weighted by atomic mass is 10.1. The van der Waals surface area contributed by atoms with Crippen LogP contribution in [-0.2, 0) is 21.8 Å². The van der Waals surface area contributed by atoms with Gasteiger partial charge in [0.25, 0.3) is 0 Å². The molecule has 118 valence electrons. The van der Waals surface area contributed by atoms with Crippen molar-refractivity contribution < 1.29 is 9.47 Å². The summed E-state index contributed by atoms with van der Waals surface area (Å²) in [4.78, 5) is 0. The van der Waals surface area contributed by atoms with Gasteiger partial charge in [-0.15, -0.1) is 0 Å². The number of benzene rings is 1. The Bertz CT molecular complexity index is 630. The molecule has 5 heteroatoms. The molecule has 2 unspecified atom stereocenters. The van der Waals surface area contributed by atoms with Gasteiger partial charge in [-0.2, -0.15) is 0 Å². The molecule has 3 nitrogen and oxygen atoms in total. The highest BCUT2D eigenvalue weighted by Crippen LogP contribution is 2.41. The number of aromatic nitrogens is 1. The normalized spacial score (nSPS) is 24.8. The zero-order valence-electron chi connectivity index (χ0n) is 12.5. The highest BCUT2D eigenvalue weighted by atomic mass is 35.5. The molecule has 0 bridgehead atoms. The predicted molar refractivity (Wildman–Crippen MR) is 88.3 cm³/mol. The van der Waals surface area contributed by atoms with E-state index in [0.29, 0.717) is 23.2 Å². The van der Waals surface area contributed by atoms with E-state index in [1.54, 1.807) is 6.07 Å². The number of hydrogen-bond acceptors (Lipinski definition) is 2. The molecular formula is C17H19Cl2NO2. The summed E-state index contributed by atoms with van der Waals surface area (Å²) in [5, 5.41) is 1.17. The second-order valence-electron chi connectivity index (χ2n) is 5.57. The van der Waals surface area contributed by atoms with Crippen LogP contribution in [-0.4, -0.2) is 17.3 Å². The predicted octanol–water partition coefficient (Wildman–Crippen LogP) is 4.86. The number of rotatable bonds is 5. The van der Waals surface area contributed by atoms with Gasteiger partial charge in [-0.3, -0.25) is 0 Å². The molecule has 1 fully saturated rings. The van der Waals surface area contributed by atoms with Crippen LogP contribution in [0.3, 0.4) is 0 Å². The van der Waals surface area contributed by atoms with Crippen molar-refractivity contribution in [2.45, 2.75) is 38.2 Å². The maximum absolute atomic E-state index is 6.41. The number of nitrogens with zero attached hydrogens (tertiary/aromatic N) is 1. The Balaban J connectivity index is 1.96. The van der Waals surface area contributed by atoms with Crippen LogP contribution in [0.4, 0.5) is 0 Å². The summed E-state index contributed by atoms with van der Waals surface area (Å²) in [6, 6.07) is 9.41. The zero-order chi connectivity index (χ0) is 15.6. The molecule has 1 aliphatic rings. The molecule has 0 spiro atoms. The Morgan fingerprint density at radius 3 is 2.73 bits per heavy atom. The summed E-state index contributed by atoms with van der Waals surface area (Å²) in [5.41, 5.74) is 0.825.